The molecular weight excluding hydrogens is 272 g/mol. The van der Waals surface area contributed by atoms with E-state index in [2.05, 4.69) is 10.6 Å². The molecular formula is C15H20N2O4. The summed E-state index contributed by atoms with van der Waals surface area (Å²) in [5.74, 6) is -1.63. The van der Waals surface area contributed by atoms with Crippen LogP contribution in [0.2, 0.25) is 0 Å². The third-order valence-corrected chi connectivity index (χ3v) is 2.87. The monoisotopic (exact) mass is 292 g/mol. The Kier molecular flexibility index (Phi) is 5.90. The Morgan fingerprint density at radius 1 is 1.14 bits per heavy atom. The van der Waals surface area contributed by atoms with Crippen LogP contribution in [0.4, 0.5) is 11.4 Å². The first-order chi connectivity index (χ1) is 9.79. The molecule has 0 atom stereocenters. The molecule has 6 nitrogen and oxygen atoms in total. The second-order valence-corrected chi connectivity index (χ2v) is 5.12. The zero-order valence-electron chi connectivity index (χ0n) is 12.4. The van der Waals surface area contributed by atoms with Crippen LogP contribution in [0.5, 0.6) is 0 Å². The minimum atomic E-state index is -1.01. The van der Waals surface area contributed by atoms with Gasteiger partial charge in [0.05, 0.1) is 6.42 Å². The fraction of sp³-hybridized carbons (Fsp3) is 0.400. The highest BCUT2D eigenvalue weighted by Crippen LogP contribution is 2.21. The fourth-order valence-electron chi connectivity index (χ4n) is 1.55. The molecule has 1 aromatic carbocycles. The number of aryl methyl sites for hydroxylation is 1. The highest BCUT2D eigenvalue weighted by Gasteiger charge is 2.10. The lowest BCUT2D eigenvalue weighted by molar-refractivity contribution is -0.138. The maximum absolute atomic E-state index is 11.6. The summed E-state index contributed by atoms with van der Waals surface area (Å²) < 4.78 is 0. The summed E-state index contributed by atoms with van der Waals surface area (Å²) >= 11 is 0. The topological polar surface area (TPSA) is 95.5 Å². The van der Waals surface area contributed by atoms with E-state index in [1.807, 2.05) is 6.92 Å². The summed E-state index contributed by atoms with van der Waals surface area (Å²) in [4.78, 5) is 33.7. The van der Waals surface area contributed by atoms with Crippen molar-refractivity contribution in [1.82, 2.24) is 0 Å². The summed E-state index contributed by atoms with van der Waals surface area (Å²) in [6.07, 6.45) is -0.300. The van der Waals surface area contributed by atoms with Gasteiger partial charge in [-0.05, 0) is 24.6 Å². The maximum atomic E-state index is 11.6. The normalized spacial score (nSPS) is 10.3. The van der Waals surface area contributed by atoms with Gasteiger partial charge < -0.3 is 15.7 Å². The summed E-state index contributed by atoms with van der Waals surface area (Å²) in [7, 11) is 0. The summed E-state index contributed by atoms with van der Waals surface area (Å²) in [6, 6.07) is 5.19. The van der Waals surface area contributed by atoms with Crippen molar-refractivity contribution in [3.05, 3.63) is 23.8 Å². The van der Waals surface area contributed by atoms with Gasteiger partial charge >= 0.3 is 5.97 Å². The van der Waals surface area contributed by atoms with Gasteiger partial charge in [0.15, 0.2) is 0 Å². The molecule has 114 valence electrons. The zero-order chi connectivity index (χ0) is 16.0. The van der Waals surface area contributed by atoms with Crippen LogP contribution in [-0.2, 0) is 14.4 Å². The summed E-state index contributed by atoms with van der Waals surface area (Å²) in [5.41, 5.74) is 1.99. The summed E-state index contributed by atoms with van der Waals surface area (Å²) in [5, 5.41) is 14.0. The van der Waals surface area contributed by atoms with Crippen molar-refractivity contribution in [1.29, 1.82) is 0 Å². The first-order valence-corrected chi connectivity index (χ1v) is 6.72. The predicted octanol–water partition coefficient (Wildman–Crippen LogP) is 2.39. The number of anilines is 2. The van der Waals surface area contributed by atoms with E-state index in [4.69, 9.17) is 5.11 Å². The Morgan fingerprint density at radius 3 is 2.38 bits per heavy atom. The Morgan fingerprint density at radius 2 is 1.81 bits per heavy atom. The number of amides is 2. The van der Waals surface area contributed by atoms with Crippen LogP contribution in [0.25, 0.3) is 0 Å². The first-order valence-electron chi connectivity index (χ1n) is 6.72. The number of aliphatic carboxylic acids is 1. The predicted molar refractivity (Wildman–Crippen MR) is 80.1 cm³/mol. The lowest BCUT2D eigenvalue weighted by Gasteiger charge is -2.12. The number of carbonyl (C=O) groups excluding carboxylic acids is 2. The van der Waals surface area contributed by atoms with Gasteiger partial charge in [0.1, 0.15) is 0 Å². The molecule has 1 rings (SSSR count). The van der Waals surface area contributed by atoms with Gasteiger partial charge in [-0.1, -0.05) is 19.9 Å². The standard InChI is InChI=1S/C15H20N2O4/c1-9(2)15(21)16-11-5-4-10(3)12(8-11)17-13(18)6-7-14(19)20/h4-5,8-9H,6-7H2,1-3H3,(H,16,21)(H,17,18)(H,19,20). The van der Waals surface area contributed by atoms with Crippen LogP contribution >= 0.6 is 0 Å². The Hall–Kier alpha value is -2.37. The Balaban J connectivity index is 2.75. The largest absolute Gasteiger partial charge is 0.481 e. The third-order valence-electron chi connectivity index (χ3n) is 2.87. The zero-order valence-corrected chi connectivity index (χ0v) is 12.4. The third kappa shape index (κ3) is 5.64. The number of carboxylic acids is 1. The molecule has 0 heterocycles. The van der Waals surface area contributed by atoms with Crippen molar-refractivity contribution in [3.8, 4) is 0 Å². The van der Waals surface area contributed by atoms with Gasteiger partial charge in [0.25, 0.3) is 0 Å². The first kappa shape index (κ1) is 16.7. The van der Waals surface area contributed by atoms with Gasteiger partial charge in [-0.2, -0.15) is 0 Å². The van der Waals surface area contributed by atoms with E-state index in [0.717, 1.165) is 5.56 Å². The molecule has 0 aliphatic rings. The van der Waals surface area contributed by atoms with Crippen molar-refractivity contribution in [3.63, 3.8) is 0 Å². The van der Waals surface area contributed by atoms with Crippen LogP contribution in [-0.4, -0.2) is 22.9 Å². The van der Waals surface area contributed by atoms with E-state index < -0.39 is 5.97 Å². The molecule has 0 aliphatic heterocycles. The van der Waals surface area contributed by atoms with Gasteiger partial charge in [0.2, 0.25) is 11.8 Å². The van der Waals surface area contributed by atoms with Gasteiger partial charge in [-0.3, -0.25) is 14.4 Å². The number of rotatable bonds is 6. The number of hydrogen-bond acceptors (Lipinski definition) is 3. The van der Waals surface area contributed by atoms with Crippen LogP contribution < -0.4 is 10.6 Å². The van der Waals surface area contributed by atoms with E-state index in [1.165, 1.54) is 0 Å². The van der Waals surface area contributed by atoms with E-state index in [9.17, 15) is 14.4 Å². The van der Waals surface area contributed by atoms with E-state index in [1.54, 1.807) is 32.0 Å². The minimum Gasteiger partial charge on any atom is -0.481 e. The van der Waals surface area contributed by atoms with Crippen molar-refractivity contribution < 1.29 is 19.5 Å². The van der Waals surface area contributed by atoms with E-state index >= 15 is 0 Å². The molecule has 0 saturated carbocycles. The Labute approximate surface area is 123 Å². The number of benzene rings is 1. The fourth-order valence-corrected chi connectivity index (χ4v) is 1.55. The molecule has 2 amide bonds. The number of hydrogen-bond donors (Lipinski definition) is 3. The Bertz CT molecular complexity index is 553. The smallest absolute Gasteiger partial charge is 0.303 e. The van der Waals surface area contributed by atoms with Crippen LogP contribution in [0, 0.1) is 12.8 Å². The highest BCUT2D eigenvalue weighted by atomic mass is 16.4. The molecule has 0 spiro atoms. The average molecular weight is 292 g/mol. The molecule has 0 saturated heterocycles. The van der Waals surface area contributed by atoms with Crippen LogP contribution in [0.1, 0.15) is 32.3 Å². The quantitative estimate of drug-likeness (QED) is 0.750. The van der Waals surface area contributed by atoms with Gasteiger partial charge in [-0.25, -0.2) is 0 Å². The maximum Gasteiger partial charge on any atom is 0.303 e. The molecule has 0 fully saturated rings. The molecule has 3 N–H and O–H groups in total. The number of carboxylic acid groups (broad SMARTS) is 1. The van der Waals surface area contributed by atoms with Crippen LogP contribution in [0.3, 0.4) is 0 Å². The summed E-state index contributed by atoms with van der Waals surface area (Å²) in [6.45, 7) is 5.40. The highest BCUT2D eigenvalue weighted by molar-refractivity contribution is 5.96. The molecule has 21 heavy (non-hydrogen) atoms. The van der Waals surface area contributed by atoms with Crippen molar-refractivity contribution >= 4 is 29.2 Å². The van der Waals surface area contributed by atoms with Crippen molar-refractivity contribution in [2.75, 3.05) is 10.6 Å². The average Bonchev–Trinajstić information content (AvgIpc) is 2.40. The molecule has 0 radical (unpaired) electrons. The molecule has 1 aromatic rings. The lowest BCUT2D eigenvalue weighted by Crippen LogP contribution is -2.18. The van der Waals surface area contributed by atoms with Crippen LogP contribution in [0.15, 0.2) is 18.2 Å². The molecule has 0 aliphatic carbocycles. The SMILES string of the molecule is Cc1ccc(NC(=O)C(C)C)cc1NC(=O)CCC(=O)O. The molecule has 6 heteroatoms. The van der Waals surface area contributed by atoms with E-state index in [-0.39, 0.29) is 30.6 Å². The second-order valence-electron chi connectivity index (χ2n) is 5.12. The molecule has 0 bridgehead atoms. The van der Waals surface area contributed by atoms with Crippen molar-refractivity contribution in [2.45, 2.75) is 33.6 Å². The molecule has 0 aromatic heterocycles. The van der Waals surface area contributed by atoms with Gasteiger partial charge in [-0.15, -0.1) is 0 Å². The number of carbonyl (C=O) groups is 3. The number of nitrogens with one attached hydrogen (secondary N) is 2. The second kappa shape index (κ2) is 7.42. The lowest BCUT2D eigenvalue weighted by atomic mass is 10.1. The van der Waals surface area contributed by atoms with Gasteiger partial charge in [0, 0.05) is 23.7 Å². The minimum absolute atomic E-state index is 0.0860. The van der Waals surface area contributed by atoms with E-state index in [0.29, 0.717) is 11.4 Å². The van der Waals surface area contributed by atoms with Crippen molar-refractivity contribution in [2.24, 2.45) is 5.92 Å². The molecule has 0 unspecified atom stereocenters.